The van der Waals surface area contributed by atoms with Crippen molar-refractivity contribution in [2.45, 2.75) is 0 Å². The maximum atomic E-state index is 2.51. The second-order valence-electron chi connectivity index (χ2n) is 16.9. The van der Waals surface area contributed by atoms with Gasteiger partial charge in [-0.05, 0) is 94.4 Å². The van der Waals surface area contributed by atoms with Gasteiger partial charge in [-0.2, -0.15) is 0 Å². The zero-order chi connectivity index (χ0) is 44.5. The van der Waals surface area contributed by atoms with Crippen LogP contribution in [0.3, 0.4) is 0 Å². The summed E-state index contributed by atoms with van der Waals surface area (Å²) >= 11 is 0. The third kappa shape index (κ3) is 7.20. The van der Waals surface area contributed by atoms with Gasteiger partial charge in [0.15, 0.2) is 0 Å². The minimum atomic E-state index is 1.06. The molecule has 0 unspecified atom stereocenters. The van der Waals surface area contributed by atoms with E-state index in [1.807, 2.05) is 0 Å². The Balaban J connectivity index is 1.15. The SMILES string of the molecule is c1ccc(-c2ccc(N(c3ccccc3-c3ccccc3)c3c(-c4ccc(N(c5ccccc5)c5cccc6ccccc56)cc4)ccc4c5ccccc5n(-c5ccccc5)c34)cc2)cc1. The van der Waals surface area contributed by atoms with Crippen LogP contribution < -0.4 is 9.80 Å². The summed E-state index contributed by atoms with van der Waals surface area (Å²) in [7, 11) is 0. The van der Waals surface area contributed by atoms with E-state index in [0.29, 0.717) is 0 Å². The van der Waals surface area contributed by atoms with Crippen molar-refractivity contribution in [1.29, 1.82) is 0 Å². The van der Waals surface area contributed by atoms with E-state index < -0.39 is 0 Å². The quantitative estimate of drug-likeness (QED) is 0.136. The molecule has 0 fully saturated rings. The lowest BCUT2D eigenvalue weighted by molar-refractivity contribution is 1.17. The van der Waals surface area contributed by atoms with Gasteiger partial charge in [0.2, 0.25) is 0 Å². The lowest BCUT2D eigenvalue weighted by atomic mass is 9.96. The van der Waals surface area contributed by atoms with Crippen molar-refractivity contribution in [3.8, 4) is 39.1 Å². The maximum Gasteiger partial charge on any atom is 0.0788 e. The van der Waals surface area contributed by atoms with Gasteiger partial charge in [-0.3, -0.25) is 0 Å². The van der Waals surface area contributed by atoms with Gasteiger partial charge in [-0.15, -0.1) is 0 Å². The molecule has 1 aromatic heterocycles. The summed E-state index contributed by atoms with van der Waals surface area (Å²) in [5, 5.41) is 4.79. The van der Waals surface area contributed by atoms with Gasteiger partial charge in [0, 0.05) is 50.0 Å². The van der Waals surface area contributed by atoms with E-state index in [1.54, 1.807) is 0 Å². The van der Waals surface area contributed by atoms with Crippen LogP contribution >= 0.6 is 0 Å². The van der Waals surface area contributed by atoms with Gasteiger partial charge in [-0.25, -0.2) is 0 Å². The van der Waals surface area contributed by atoms with Gasteiger partial charge >= 0.3 is 0 Å². The molecule has 0 saturated carbocycles. The molecule has 3 heteroatoms. The van der Waals surface area contributed by atoms with Crippen LogP contribution in [0.5, 0.6) is 0 Å². The Morgan fingerprint density at radius 1 is 0.269 bits per heavy atom. The van der Waals surface area contributed by atoms with Crippen LogP contribution in [0.15, 0.2) is 273 Å². The zero-order valence-electron chi connectivity index (χ0n) is 36.8. The predicted molar refractivity (Wildman–Crippen MR) is 284 cm³/mol. The van der Waals surface area contributed by atoms with Crippen LogP contribution in [-0.4, -0.2) is 4.57 Å². The van der Waals surface area contributed by atoms with Gasteiger partial charge in [0.1, 0.15) is 0 Å². The Kier molecular flexibility index (Phi) is 10.2. The van der Waals surface area contributed by atoms with Crippen molar-refractivity contribution in [2.24, 2.45) is 0 Å². The number of anilines is 6. The molecule has 316 valence electrons. The minimum absolute atomic E-state index is 1.06. The summed E-state index contributed by atoms with van der Waals surface area (Å²) in [6.45, 7) is 0. The van der Waals surface area contributed by atoms with Crippen LogP contribution in [0.4, 0.5) is 34.1 Å². The largest absolute Gasteiger partial charge is 0.310 e. The fourth-order valence-corrected chi connectivity index (χ4v) is 9.90. The Bertz CT molecular complexity index is 3650. The summed E-state index contributed by atoms with van der Waals surface area (Å²) in [5.74, 6) is 0. The lowest BCUT2D eigenvalue weighted by Gasteiger charge is -2.31. The summed E-state index contributed by atoms with van der Waals surface area (Å²) in [5.41, 5.74) is 16.8. The number of benzene rings is 11. The Morgan fingerprint density at radius 3 is 1.49 bits per heavy atom. The van der Waals surface area contributed by atoms with E-state index in [1.165, 1.54) is 32.7 Å². The zero-order valence-corrected chi connectivity index (χ0v) is 36.8. The summed E-state index contributed by atoms with van der Waals surface area (Å²) in [6.07, 6.45) is 0. The Morgan fingerprint density at radius 2 is 0.761 bits per heavy atom. The molecule has 0 aliphatic carbocycles. The van der Waals surface area contributed by atoms with E-state index in [2.05, 4.69) is 287 Å². The Labute approximate surface area is 391 Å². The molecule has 12 rings (SSSR count). The smallest absolute Gasteiger partial charge is 0.0788 e. The van der Waals surface area contributed by atoms with E-state index in [-0.39, 0.29) is 0 Å². The van der Waals surface area contributed by atoms with Crippen molar-refractivity contribution in [3.63, 3.8) is 0 Å². The second kappa shape index (κ2) is 17.2. The standard InChI is InChI=1S/C64H45N3/c1-5-20-46(21-6-1)47-36-40-54(41-37-47)67(61-33-17-15-31-56(61)48-22-7-2-8-23-48)63-57(44-45-59-58-32-16-18-34-62(58)66(64(59)63)52-28-11-4-12-29-52)50-38-42-53(43-39-50)65(51-26-9-3-10-27-51)60-35-19-25-49-24-13-14-30-55(49)60/h1-45H. The first-order valence-electron chi connectivity index (χ1n) is 22.9. The molecule has 0 spiro atoms. The molecule has 11 aromatic carbocycles. The second-order valence-corrected chi connectivity index (χ2v) is 16.9. The first kappa shape index (κ1) is 39.7. The number of hydrogen-bond donors (Lipinski definition) is 0. The number of nitrogens with zero attached hydrogens (tertiary/aromatic N) is 3. The number of fused-ring (bicyclic) bond motifs is 4. The van der Waals surface area contributed by atoms with E-state index in [9.17, 15) is 0 Å². The molecule has 0 radical (unpaired) electrons. The monoisotopic (exact) mass is 855 g/mol. The molecule has 0 atom stereocenters. The highest BCUT2D eigenvalue weighted by molar-refractivity contribution is 6.18. The van der Waals surface area contributed by atoms with Crippen LogP contribution in [0.1, 0.15) is 0 Å². The van der Waals surface area contributed by atoms with Crippen LogP contribution in [0.2, 0.25) is 0 Å². The first-order chi connectivity index (χ1) is 33.3. The highest BCUT2D eigenvalue weighted by Gasteiger charge is 2.27. The number of aromatic nitrogens is 1. The van der Waals surface area contributed by atoms with Crippen LogP contribution in [0.25, 0.3) is 71.6 Å². The molecule has 1 heterocycles. The number of para-hydroxylation sites is 4. The lowest BCUT2D eigenvalue weighted by Crippen LogP contribution is -2.14. The first-order valence-corrected chi connectivity index (χ1v) is 22.9. The Hall–Kier alpha value is -8.92. The molecule has 0 aliphatic rings. The molecule has 0 N–H and O–H groups in total. The predicted octanol–water partition coefficient (Wildman–Crippen LogP) is 17.9. The third-order valence-electron chi connectivity index (χ3n) is 13.0. The number of rotatable bonds is 10. The number of hydrogen-bond acceptors (Lipinski definition) is 2. The normalized spacial score (nSPS) is 11.3. The highest BCUT2D eigenvalue weighted by atomic mass is 15.2. The van der Waals surface area contributed by atoms with Crippen LogP contribution in [0, 0.1) is 0 Å². The molecule has 67 heavy (non-hydrogen) atoms. The molecule has 0 amide bonds. The molecular formula is C64H45N3. The van der Waals surface area contributed by atoms with Gasteiger partial charge in [-0.1, -0.05) is 206 Å². The van der Waals surface area contributed by atoms with Crippen molar-refractivity contribution >= 4 is 66.7 Å². The van der Waals surface area contributed by atoms with E-state index in [4.69, 9.17) is 0 Å². The van der Waals surface area contributed by atoms with Crippen LogP contribution in [-0.2, 0) is 0 Å². The fourth-order valence-electron chi connectivity index (χ4n) is 9.90. The topological polar surface area (TPSA) is 11.4 Å². The van der Waals surface area contributed by atoms with Gasteiger partial charge in [0.25, 0.3) is 0 Å². The average molecular weight is 856 g/mol. The van der Waals surface area contributed by atoms with Gasteiger partial charge < -0.3 is 14.4 Å². The molecular weight excluding hydrogens is 811 g/mol. The average Bonchev–Trinajstić information content (AvgIpc) is 3.75. The maximum absolute atomic E-state index is 2.51. The highest BCUT2D eigenvalue weighted by Crippen LogP contribution is 2.51. The fraction of sp³-hybridized carbons (Fsp3) is 0. The molecule has 0 bridgehead atoms. The summed E-state index contributed by atoms with van der Waals surface area (Å²) in [4.78, 5) is 4.88. The summed E-state index contributed by atoms with van der Waals surface area (Å²) in [6, 6.07) is 98.7. The molecule has 3 nitrogen and oxygen atoms in total. The third-order valence-corrected chi connectivity index (χ3v) is 13.0. The van der Waals surface area contributed by atoms with E-state index >= 15 is 0 Å². The molecule has 0 saturated heterocycles. The molecule has 0 aliphatic heterocycles. The molecule has 12 aromatic rings. The van der Waals surface area contributed by atoms with Crippen molar-refractivity contribution in [2.75, 3.05) is 9.80 Å². The van der Waals surface area contributed by atoms with Crippen molar-refractivity contribution in [3.05, 3.63) is 273 Å². The summed E-state index contributed by atoms with van der Waals surface area (Å²) < 4.78 is 2.46. The van der Waals surface area contributed by atoms with Crippen molar-refractivity contribution < 1.29 is 0 Å². The van der Waals surface area contributed by atoms with Gasteiger partial charge in [0.05, 0.1) is 28.1 Å². The minimum Gasteiger partial charge on any atom is -0.310 e. The van der Waals surface area contributed by atoms with E-state index in [0.717, 1.165) is 73.1 Å². The van der Waals surface area contributed by atoms with Crippen molar-refractivity contribution in [1.82, 2.24) is 4.57 Å².